The molecule has 8 nitrogen and oxygen atoms in total. The fraction of sp³-hybridized carbons (Fsp3) is 0.176. The van der Waals surface area contributed by atoms with E-state index in [1.807, 2.05) is 0 Å². The van der Waals surface area contributed by atoms with Crippen molar-refractivity contribution in [2.75, 3.05) is 13.3 Å². The topological polar surface area (TPSA) is 120 Å². The maximum Gasteiger partial charge on any atom is 0.257 e. The van der Waals surface area contributed by atoms with Crippen LogP contribution in [0.25, 0.3) is 0 Å². The van der Waals surface area contributed by atoms with Crippen LogP contribution in [0, 0.1) is 0 Å². The van der Waals surface area contributed by atoms with E-state index in [1.165, 1.54) is 12.1 Å². The van der Waals surface area contributed by atoms with Crippen LogP contribution in [0.4, 0.5) is 0 Å². The lowest BCUT2D eigenvalue weighted by Crippen LogP contribution is -2.40. The summed E-state index contributed by atoms with van der Waals surface area (Å²) in [5, 5.41) is 10.8. The zero-order chi connectivity index (χ0) is 19.4. The molecule has 2 aromatic rings. The van der Waals surface area contributed by atoms with Crippen LogP contribution in [0.15, 0.2) is 47.4 Å². The Hall–Kier alpha value is -2.69. The normalized spacial score (nSPS) is 12.5. The maximum absolute atomic E-state index is 12.2. The summed E-state index contributed by atoms with van der Waals surface area (Å²) in [4.78, 5) is 12.3. The Balaban J connectivity index is 1.47. The molecule has 1 aliphatic heterocycles. The molecule has 0 fully saturated rings. The van der Waals surface area contributed by atoms with Gasteiger partial charge in [0, 0.05) is 12.1 Å². The highest BCUT2D eigenvalue weighted by molar-refractivity contribution is 7.89. The maximum atomic E-state index is 12.2. The minimum Gasteiger partial charge on any atom is -0.454 e. The molecule has 0 saturated carbocycles. The fourth-order valence-electron chi connectivity index (χ4n) is 2.42. The zero-order valence-electron chi connectivity index (χ0n) is 14.1. The van der Waals surface area contributed by atoms with Crippen molar-refractivity contribution < 1.29 is 22.7 Å². The Kier molecular flexibility index (Phi) is 5.59. The molecular weight excluding hydrogens is 390 g/mol. The largest absolute Gasteiger partial charge is 0.454 e. The third-order valence-electron chi connectivity index (χ3n) is 3.81. The second-order valence-corrected chi connectivity index (χ2v) is 7.69. The van der Waals surface area contributed by atoms with Crippen LogP contribution >= 0.6 is 12.2 Å². The number of hydrogen-bond donors (Lipinski definition) is 3. The quantitative estimate of drug-likeness (QED) is 0.630. The van der Waals surface area contributed by atoms with Crippen LogP contribution in [0.3, 0.4) is 0 Å². The summed E-state index contributed by atoms with van der Waals surface area (Å²) in [6.07, 6.45) is 0.588. The number of carbonyl (C=O) groups excluding carboxylic acids is 1. The van der Waals surface area contributed by atoms with E-state index in [9.17, 15) is 13.2 Å². The van der Waals surface area contributed by atoms with Gasteiger partial charge in [0.1, 0.15) is 0 Å². The molecule has 0 aliphatic carbocycles. The predicted octanol–water partition coefficient (Wildman–Crippen LogP) is 0.910. The van der Waals surface area contributed by atoms with Gasteiger partial charge in [0.05, 0.1) is 4.90 Å². The highest BCUT2D eigenvalue weighted by Crippen LogP contribution is 2.32. The smallest absolute Gasteiger partial charge is 0.257 e. The highest BCUT2D eigenvalue weighted by Gasteiger charge is 2.16. The van der Waals surface area contributed by atoms with E-state index in [2.05, 4.69) is 10.6 Å². The first kappa shape index (κ1) is 19.1. The number of primary sulfonamides is 1. The van der Waals surface area contributed by atoms with Gasteiger partial charge in [-0.25, -0.2) is 13.6 Å². The minimum atomic E-state index is -3.70. The molecule has 0 radical (unpaired) electrons. The summed E-state index contributed by atoms with van der Waals surface area (Å²) in [5.74, 6) is 0.758. The van der Waals surface area contributed by atoms with Crippen molar-refractivity contribution in [2.45, 2.75) is 11.3 Å². The van der Waals surface area contributed by atoms with Crippen LogP contribution in [-0.2, 0) is 16.4 Å². The molecule has 1 heterocycles. The number of nitrogens with one attached hydrogen (secondary N) is 2. The molecule has 10 heteroatoms. The van der Waals surface area contributed by atoms with E-state index < -0.39 is 10.0 Å². The zero-order valence-corrected chi connectivity index (χ0v) is 15.7. The molecule has 142 valence electrons. The molecular formula is C17H17N3O5S2. The number of benzene rings is 2. The number of sulfonamides is 1. The average Bonchev–Trinajstić information content (AvgIpc) is 3.09. The summed E-state index contributed by atoms with van der Waals surface area (Å²) in [7, 11) is -3.70. The SMILES string of the molecule is NS(=O)(=O)c1ccc(CCNC(=S)NC(=O)c2ccc3c(c2)OCO3)cc1. The van der Waals surface area contributed by atoms with E-state index in [4.69, 9.17) is 26.8 Å². The number of carbonyl (C=O) groups is 1. The van der Waals surface area contributed by atoms with Gasteiger partial charge < -0.3 is 14.8 Å². The average molecular weight is 407 g/mol. The van der Waals surface area contributed by atoms with Crippen molar-refractivity contribution in [3.63, 3.8) is 0 Å². The number of ether oxygens (including phenoxy) is 2. The molecule has 1 amide bonds. The second kappa shape index (κ2) is 7.91. The molecule has 1 aliphatic rings. The van der Waals surface area contributed by atoms with Gasteiger partial charge in [0.15, 0.2) is 16.6 Å². The molecule has 0 bridgehead atoms. The van der Waals surface area contributed by atoms with Crippen LogP contribution < -0.4 is 25.2 Å². The molecule has 0 unspecified atom stereocenters. The van der Waals surface area contributed by atoms with Gasteiger partial charge in [-0.1, -0.05) is 12.1 Å². The van der Waals surface area contributed by atoms with Crippen molar-refractivity contribution in [3.05, 3.63) is 53.6 Å². The summed E-state index contributed by atoms with van der Waals surface area (Å²) in [6, 6.07) is 11.1. The Morgan fingerprint density at radius 3 is 2.52 bits per heavy atom. The van der Waals surface area contributed by atoms with Gasteiger partial charge in [-0.3, -0.25) is 10.1 Å². The fourth-order valence-corrected chi connectivity index (χ4v) is 3.13. The number of amides is 1. The number of hydrogen-bond acceptors (Lipinski definition) is 6. The van der Waals surface area contributed by atoms with E-state index in [1.54, 1.807) is 30.3 Å². The Morgan fingerprint density at radius 2 is 1.81 bits per heavy atom. The van der Waals surface area contributed by atoms with Crippen LogP contribution in [0.5, 0.6) is 11.5 Å². The molecule has 3 rings (SSSR count). The van der Waals surface area contributed by atoms with Gasteiger partial charge in [0.25, 0.3) is 5.91 Å². The van der Waals surface area contributed by atoms with Crippen molar-refractivity contribution in [2.24, 2.45) is 5.14 Å². The van der Waals surface area contributed by atoms with E-state index >= 15 is 0 Å². The lowest BCUT2D eigenvalue weighted by atomic mass is 10.1. The Morgan fingerprint density at radius 1 is 1.11 bits per heavy atom. The van der Waals surface area contributed by atoms with E-state index in [0.717, 1.165) is 5.56 Å². The van der Waals surface area contributed by atoms with Crippen LogP contribution in [0.2, 0.25) is 0 Å². The third kappa shape index (κ3) is 4.94. The summed E-state index contributed by atoms with van der Waals surface area (Å²) < 4.78 is 32.9. The molecule has 0 spiro atoms. The standard InChI is InChI=1S/C17H17N3O5S2/c18-27(22,23)13-4-1-11(2-5-13)7-8-19-17(26)20-16(21)12-3-6-14-15(9-12)25-10-24-14/h1-6,9H,7-8,10H2,(H2,18,22,23)(H2,19,20,21,26). The minimum absolute atomic E-state index is 0.0609. The van der Waals surface area contributed by atoms with Gasteiger partial charge in [-0.05, 0) is 54.5 Å². The first-order valence-corrected chi connectivity index (χ1v) is 9.89. The second-order valence-electron chi connectivity index (χ2n) is 5.72. The highest BCUT2D eigenvalue weighted by atomic mass is 32.2. The molecule has 0 atom stereocenters. The molecule has 2 aromatic carbocycles. The van der Waals surface area contributed by atoms with Crippen molar-refractivity contribution in [1.29, 1.82) is 0 Å². The van der Waals surface area contributed by atoms with Gasteiger partial charge >= 0.3 is 0 Å². The summed E-state index contributed by atoms with van der Waals surface area (Å²) in [6.45, 7) is 0.605. The van der Waals surface area contributed by atoms with Gasteiger partial charge in [0.2, 0.25) is 16.8 Å². The monoisotopic (exact) mass is 407 g/mol. The number of nitrogens with two attached hydrogens (primary N) is 1. The lowest BCUT2D eigenvalue weighted by molar-refractivity contribution is 0.0976. The molecule has 0 aromatic heterocycles. The lowest BCUT2D eigenvalue weighted by Gasteiger charge is -2.10. The van der Waals surface area contributed by atoms with Crippen LogP contribution in [0.1, 0.15) is 15.9 Å². The summed E-state index contributed by atoms with van der Waals surface area (Å²) >= 11 is 5.12. The van der Waals surface area contributed by atoms with E-state index in [0.29, 0.717) is 30.0 Å². The van der Waals surface area contributed by atoms with Gasteiger partial charge in [-0.15, -0.1) is 0 Å². The predicted molar refractivity (Wildman–Crippen MR) is 102 cm³/mol. The molecule has 4 N–H and O–H groups in total. The molecule has 27 heavy (non-hydrogen) atoms. The number of rotatable bonds is 5. The third-order valence-corrected chi connectivity index (χ3v) is 4.99. The first-order valence-electron chi connectivity index (χ1n) is 7.93. The van der Waals surface area contributed by atoms with Crippen molar-refractivity contribution in [3.8, 4) is 11.5 Å². The van der Waals surface area contributed by atoms with E-state index in [-0.39, 0.29) is 22.7 Å². The Bertz CT molecular complexity index is 975. The van der Waals surface area contributed by atoms with Gasteiger partial charge in [-0.2, -0.15) is 0 Å². The van der Waals surface area contributed by atoms with Crippen molar-refractivity contribution in [1.82, 2.24) is 10.6 Å². The first-order chi connectivity index (χ1) is 12.8. The molecule has 0 saturated heterocycles. The van der Waals surface area contributed by atoms with Crippen LogP contribution in [-0.4, -0.2) is 32.8 Å². The van der Waals surface area contributed by atoms with Crippen molar-refractivity contribution >= 4 is 33.3 Å². The number of thiocarbonyl (C=S) groups is 1. The summed E-state index contributed by atoms with van der Waals surface area (Å²) in [5.41, 5.74) is 1.31. The number of fused-ring (bicyclic) bond motifs is 1. The Labute approximate surface area is 161 Å².